The van der Waals surface area contributed by atoms with Gasteiger partial charge in [-0.3, -0.25) is 10.1 Å². The lowest BCUT2D eigenvalue weighted by molar-refractivity contribution is -0.113. The Bertz CT molecular complexity index is 565. The molecule has 2 aromatic rings. The van der Waals surface area contributed by atoms with Crippen LogP contribution in [0.5, 0.6) is 0 Å². The van der Waals surface area contributed by atoms with E-state index in [4.69, 9.17) is 10.3 Å². The van der Waals surface area contributed by atoms with Crippen molar-refractivity contribution in [3.05, 3.63) is 18.0 Å². The lowest BCUT2D eigenvalue weighted by Crippen LogP contribution is -2.13. The Morgan fingerprint density at radius 3 is 3.00 bits per heavy atom. The first kappa shape index (κ1) is 13.9. The number of rotatable bonds is 5. The normalized spacial score (nSPS) is 10.9. The number of thiazole rings is 1. The van der Waals surface area contributed by atoms with E-state index < -0.39 is 0 Å². The zero-order chi connectivity index (χ0) is 13.8. The zero-order valence-corrected chi connectivity index (χ0v) is 12.2. The van der Waals surface area contributed by atoms with Crippen molar-refractivity contribution in [3.8, 4) is 0 Å². The number of amides is 1. The van der Waals surface area contributed by atoms with Crippen LogP contribution in [-0.4, -0.2) is 21.8 Å². The molecule has 0 fully saturated rings. The molecule has 6 nitrogen and oxygen atoms in total. The van der Waals surface area contributed by atoms with Crippen molar-refractivity contribution in [2.45, 2.75) is 24.0 Å². The minimum absolute atomic E-state index is 0.150. The van der Waals surface area contributed by atoms with Crippen LogP contribution in [0.4, 0.5) is 11.0 Å². The fourth-order valence-electron chi connectivity index (χ4n) is 1.27. The van der Waals surface area contributed by atoms with Gasteiger partial charge in [0.1, 0.15) is 0 Å². The van der Waals surface area contributed by atoms with Crippen LogP contribution in [0.3, 0.4) is 0 Å². The maximum Gasteiger partial charge on any atom is 0.237 e. The van der Waals surface area contributed by atoms with Crippen LogP contribution in [0, 0.1) is 0 Å². The van der Waals surface area contributed by atoms with Crippen LogP contribution in [0.1, 0.15) is 25.5 Å². The summed E-state index contributed by atoms with van der Waals surface area (Å²) in [5, 5.41) is 7.03. The molecule has 0 spiro atoms. The highest BCUT2D eigenvalue weighted by Gasteiger charge is 2.11. The molecule has 19 heavy (non-hydrogen) atoms. The second kappa shape index (κ2) is 6.07. The Morgan fingerprint density at radius 2 is 2.42 bits per heavy atom. The van der Waals surface area contributed by atoms with Crippen LogP contribution in [0.25, 0.3) is 0 Å². The standard InChI is InChI=1S/C11H14N4O2S2/c1-6(2)7-3-9(17-15-7)14-8(16)5-18-10-4-13-11(12)19-10/h3-4,6H,5H2,1-2H3,(H2,12,13)(H,14,16). The molecule has 0 saturated carbocycles. The van der Waals surface area contributed by atoms with Gasteiger partial charge in [0, 0.05) is 6.07 Å². The van der Waals surface area contributed by atoms with Gasteiger partial charge in [-0.05, 0) is 5.92 Å². The molecule has 0 aliphatic rings. The first-order chi connectivity index (χ1) is 9.04. The highest BCUT2D eigenvalue weighted by molar-refractivity contribution is 8.01. The van der Waals surface area contributed by atoms with Crippen molar-refractivity contribution in [1.29, 1.82) is 0 Å². The minimum atomic E-state index is -0.150. The number of hydrogen-bond donors (Lipinski definition) is 2. The number of thioether (sulfide) groups is 1. The molecule has 0 aliphatic heterocycles. The number of nitrogens with two attached hydrogens (primary N) is 1. The summed E-state index contributed by atoms with van der Waals surface area (Å²) < 4.78 is 5.94. The van der Waals surface area contributed by atoms with Crippen molar-refractivity contribution >= 4 is 40.0 Å². The number of anilines is 2. The molecule has 0 aromatic carbocycles. The first-order valence-electron chi connectivity index (χ1n) is 5.65. The Labute approximate surface area is 118 Å². The summed E-state index contributed by atoms with van der Waals surface area (Å²) >= 11 is 2.74. The number of nitrogens with one attached hydrogen (secondary N) is 1. The molecule has 2 heterocycles. The van der Waals surface area contributed by atoms with Crippen molar-refractivity contribution < 1.29 is 9.32 Å². The van der Waals surface area contributed by atoms with Gasteiger partial charge >= 0.3 is 0 Å². The van der Waals surface area contributed by atoms with Crippen molar-refractivity contribution in [2.75, 3.05) is 16.8 Å². The van der Waals surface area contributed by atoms with Gasteiger partial charge in [0.15, 0.2) is 5.13 Å². The van der Waals surface area contributed by atoms with Gasteiger partial charge in [0.05, 0.1) is 21.9 Å². The van der Waals surface area contributed by atoms with Gasteiger partial charge < -0.3 is 10.3 Å². The number of hydrogen-bond acceptors (Lipinski definition) is 7. The molecule has 0 saturated heterocycles. The molecule has 102 valence electrons. The van der Waals surface area contributed by atoms with Crippen LogP contribution < -0.4 is 11.1 Å². The number of carbonyl (C=O) groups excluding carboxylic acids is 1. The Hall–Kier alpha value is -1.54. The molecule has 2 rings (SSSR count). The van der Waals surface area contributed by atoms with Crippen LogP contribution in [-0.2, 0) is 4.79 Å². The predicted molar refractivity (Wildman–Crippen MR) is 76.5 cm³/mol. The lowest BCUT2D eigenvalue weighted by atomic mass is 10.1. The first-order valence-corrected chi connectivity index (χ1v) is 7.45. The van der Waals surface area contributed by atoms with E-state index in [1.807, 2.05) is 13.8 Å². The van der Waals surface area contributed by atoms with Crippen molar-refractivity contribution in [1.82, 2.24) is 10.1 Å². The van der Waals surface area contributed by atoms with E-state index in [0.717, 1.165) is 9.90 Å². The van der Waals surface area contributed by atoms with Crippen LogP contribution in [0.2, 0.25) is 0 Å². The van der Waals surface area contributed by atoms with E-state index in [0.29, 0.717) is 11.0 Å². The van der Waals surface area contributed by atoms with Crippen LogP contribution >= 0.6 is 23.1 Å². The molecule has 3 N–H and O–H groups in total. The van der Waals surface area contributed by atoms with Gasteiger partial charge in [-0.15, -0.1) is 11.8 Å². The Morgan fingerprint density at radius 1 is 1.63 bits per heavy atom. The zero-order valence-electron chi connectivity index (χ0n) is 10.5. The molecule has 0 atom stereocenters. The summed E-state index contributed by atoms with van der Waals surface area (Å²) in [6, 6.07) is 1.73. The second-order valence-electron chi connectivity index (χ2n) is 4.13. The summed E-state index contributed by atoms with van der Waals surface area (Å²) in [7, 11) is 0. The van der Waals surface area contributed by atoms with E-state index in [1.165, 1.54) is 23.1 Å². The lowest BCUT2D eigenvalue weighted by Gasteiger charge is -1.99. The maximum atomic E-state index is 11.7. The fraction of sp³-hybridized carbons (Fsp3) is 0.364. The highest BCUT2D eigenvalue weighted by Crippen LogP contribution is 2.26. The largest absolute Gasteiger partial charge is 0.375 e. The SMILES string of the molecule is CC(C)c1cc(NC(=O)CSc2cnc(N)s2)on1. The molecule has 0 aliphatic carbocycles. The van der Waals surface area contributed by atoms with Crippen LogP contribution in [0.15, 0.2) is 21.0 Å². The summed E-state index contributed by atoms with van der Waals surface area (Å²) in [4.78, 5) is 15.6. The third-order valence-electron chi connectivity index (χ3n) is 2.23. The number of nitrogens with zero attached hydrogens (tertiary/aromatic N) is 2. The third-order valence-corrected chi connectivity index (χ3v) is 4.25. The Kier molecular flexibility index (Phi) is 4.43. The van der Waals surface area contributed by atoms with Crippen molar-refractivity contribution in [2.24, 2.45) is 0 Å². The number of carbonyl (C=O) groups is 1. The second-order valence-corrected chi connectivity index (χ2v) is 6.46. The molecular weight excluding hydrogens is 284 g/mol. The minimum Gasteiger partial charge on any atom is -0.375 e. The van der Waals surface area contributed by atoms with E-state index in [9.17, 15) is 4.79 Å². The third kappa shape index (κ3) is 3.97. The molecule has 1 amide bonds. The molecule has 8 heteroatoms. The van der Waals surface area contributed by atoms with Gasteiger partial charge in [0.25, 0.3) is 0 Å². The average Bonchev–Trinajstić information content (AvgIpc) is 2.96. The quantitative estimate of drug-likeness (QED) is 0.824. The molecule has 0 unspecified atom stereocenters. The maximum absolute atomic E-state index is 11.7. The average molecular weight is 298 g/mol. The predicted octanol–water partition coefficient (Wildman–Crippen LogP) is 2.57. The number of nitrogen functional groups attached to an aromatic ring is 1. The van der Waals surface area contributed by atoms with Crippen molar-refractivity contribution in [3.63, 3.8) is 0 Å². The van der Waals surface area contributed by atoms with E-state index in [1.54, 1.807) is 12.3 Å². The smallest absolute Gasteiger partial charge is 0.237 e. The fourth-order valence-corrected chi connectivity index (χ4v) is 2.83. The highest BCUT2D eigenvalue weighted by atomic mass is 32.2. The van der Waals surface area contributed by atoms with E-state index in [2.05, 4.69) is 15.5 Å². The molecule has 0 radical (unpaired) electrons. The van der Waals surface area contributed by atoms with Gasteiger partial charge in [-0.25, -0.2) is 4.98 Å². The topological polar surface area (TPSA) is 94.0 Å². The molecule has 2 aromatic heterocycles. The van der Waals surface area contributed by atoms with Gasteiger partial charge in [-0.1, -0.05) is 30.3 Å². The summed E-state index contributed by atoms with van der Waals surface area (Å²) in [6.07, 6.45) is 1.66. The van der Waals surface area contributed by atoms with Gasteiger partial charge in [0.2, 0.25) is 11.8 Å². The van der Waals surface area contributed by atoms with E-state index >= 15 is 0 Å². The summed E-state index contributed by atoms with van der Waals surface area (Å²) in [6.45, 7) is 4.01. The van der Waals surface area contributed by atoms with Gasteiger partial charge in [-0.2, -0.15) is 0 Å². The monoisotopic (exact) mass is 298 g/mol. The molecule has 0 bridgehead atoms. The summed E-state index contributed by atoms with van der Waals surface area (Å²) in [5.41, 5.74) is 6.33. The number of aromatic nitrogens is 2. The van der Waals surface area contributed by atoms with E-state index in [-0.39, 0.29) is 17.6 Å². The molecular formula is C11H14N4O2S2. The summed E-state index contributed by atoms with van der Waals surface area (Å²) in [5.74, 6) is 0.768. The Balaban J connectivity index is 1.83.